The first-order valence-corrected chi connectivity index (χ1v) is 8.07. The molecule has 0 aromatic heterocycles. The van der Waals surface area contributed by atoms with Gasteiger partial charge in [-0.1, -0.05) is 65.2 Å². The van der Waals surface area contributed by atoms with Gasteiger partial charge in [-0.2, -0.15) is 0 Å². The average Bonchev–Trinajstić information content (AvgIpc) is 2.37. The van der Waals surface area contributed by atoms with E-state index in [1.807, 2.05) is 0 Å². The molecule has 1 N–H and O–H groups in total. The van der Waals surface area contributed by atoms with Gasteiger partial charge in [-0.05, 0) is 19.4 Å². The van der Waals surface area contributed by atoms with Crippen LogP contribution in [0.4, 0.5) is 0 Å². The number of unbranched alkanes of at least 4 members (excludes halogenated alkanes) is 7. The van der Waals surface area contributed by atoms with E-state index in [2.05, 4.69) is 19.2 Å². The van der Waals surface area contributed by atoms with E-state index in [4.69, 9.17) is 4.74 Å². The van der Waals surface area contributed by atoms with Gasteiger partial charge in [-0.25, -0.2) is 0 Å². The van der Waals surface area contributed by atoms with Gasteiger partial charge in [0, 0.05) is 13.2 Å². The molecule has 18 heavy (non-hydrogen) atoms. The van der Waals surface area contributed by atoms with Gasteiger partial charge in [-0.15, -0.1) is 0 Å². The van der Waals surface area contributed by atoms with Gasteiger partial charge in [0.1, 0.15) is 0 Å². The Morgan fingerprint density at radius 2 is 1.44 bits per heavy atom. The van der Waals surface area contributed by atoms with E-state index in [-0.39, 0.29) is 0 Å². The number of hydrogen-bond acceptors (Lipinski definition) is 2. The highest BCUT2D eigenvalue weighted by Crippen LogP contribution is 2.08. The molecule has 0 amide bonds. The molecule has 0 radical (unpaired) electrons. The molecule has 0 fully saturated rings. The summed E-state index contributed by atoms with van der Waals surface area (Å²) in [5, 5.41) is 3.61. The molecular formula is C16H35NO. The summed E-state index contributed by atoms with van der Waals surface area (Å²) < 4.78 is 5.23. The van der Waals surface area contributed by atoms with Crippen molar-refractivity contribution in [3.8, 4) is 0 Å². The molecule has 0 aliphatic carbocycles. The largest absolute Gasteiger partial charge is 0.383 e. The molecule has 0 bridgehead atoms. The van der Waals surface area contributed by atoms with E-state index in [9.17, 15) is 0 Å². The zero-order valence-electron chi connectivity index (χ0n) is 13.0. The Morgan fingerprint density at radius 1 is 0.833 bits per heavy atom. The van der Waals surface area contributed by atoms with E-state index in [1.165, 1.54) is 64.2 Å². The number of methoxy groups -OCH3 is 1. The lowest BCUT2D eigenvalue weighted by Crippen LogP contribution is -2.33. The van der Waals surface area contributed by atoms with E-state index in [1.54, 1.807) is 7.11 Å². The number of rotatable bonds is 14. The molecule has 1 unspecified atom stereocenters. The van der Waals surface area contributed by atoms with E-state index < -0.39 is 0 Å². The van der Waals surface area contributed by atoms with Crippen LogP contribution in [0.1, 0.15) is 78.1 Å². The smallest absolute Gasteiger partial charge is 0.0615 e. The normalized spacial score (nSPS) is 12.8. The molecule has 0 aliphatic heterocycles. The Morgan fingerprint density at radius 3 is 2.00 bits per heavy atom. The van der Waals surface area contributed by atoms with Crippen LogP contribution in [0.2, 0.25) is 0 Å². The van der Waals surface area contributed by atoms with Crippen LogP contribution >= 0.6 is 0 Å². The minimum Gasteiger partial charge on any atom is -0.383 e. The molecule has 110 valence electrons. The van der Waals surface area contributed by atoms with Crippen LogP contribution in [0.15, 0.2) is 0 Å². The first-order chi connectivity index (χ1) is 8.85. The van der Waals surface area contributed by atoms with Crippen molar-refractivity contribution in [2.75, 3.05) is 20.3 Å². The molecule has 0 rings (SSSR count). The molecule has 0 aromatic rings. The zero-order valence-corrected chi connectivity index (χ0v) is 13.0. The van der Waals surface area contributed by atoms with Crippen LogP contribution in [0.25, 0.3) is 0 Å². The van der Waals surface area contributed by atoms with Crippen molar-refractivity contribution in [3.63, 3.8) is 0 Å². The first kappa shape index (κ1) is 17.9. The number of nitrogens with one attached hydrogen (secondary N) is 1. The first-order valence-electron chi connectivity index (χ1n) is 8.07. The van der Waals surface area contributed by atoms with Crippen LogP contribution < -0.4 is 5.32 Å². The third-order valence-electron chi connectivity index (χ3n) is 3.47. The maximum absolute atomic E-state index is 5.23. The van der Waals surface area contributed by atoms with Crippen molar-refractivity contribution in [2.45, 2.75) is 84.1 Å². The highest BCUT2D eigenvalue weighted by atomic mass is 16.5. The Hall–Kier alpha value is -0.0800. The maximum atomic E-state index is 5.23. The molecular weight excluding hydrogens is 222 g/mol. The second-order valence-corrected chi connectivity index (χ2v) is 5.37. The molecule has 1 atom stereocenters. The topological polar surface area (TPSA) is 21.3 Å². The lowest BCUT2D eigenvalue weighted by atomic mass is 10.1. The predicted octanol–water partition coefficient (Wildman–Crippen LogP) is 4.53. The standard InChI is InChI=1S/C16H35NO/c1-4-6-7-8-9-10-11-12-14-17-16(13-5-2)15-18-3/h16-17H,4-15H2,1-3H3. The Kier molecular flexibility index (Phi) is 14.9. The Labute approximate surface area is 115 Å². The minimum atomic E-state index is 0.560. The monoisotopic (exact) mass is 257 g/mol. The van der Waals surface area contributed by atoms with E-state index >= 15 is 0 Å². The van der Waals surface area contributed by atoms with Gasteiger partial charge in [0.05, 0.1) is 6.61 Å². The quantitative estimate of drug-likeness (QED) is 0.462. The summed E-state index contributed by atoms with van der Waals surface area (Å²) in [5.74, 6) is 0. The third-order valence-corrected chi connectivity index (χ3v) is 3.47. The Bertz CT molecular complexity index is 144. The fourth-order valence-corrected chi connectivity index (χ4v) is 2.36. The lowest BCUT2D eigenvalue weighted by Gasteiger charge is -2.16. The van der Waals surface area contributed by atoms with Crippen LogP contribution in [-0.4, -0.2) is 26.3 Å². The Balaban J connectivity index is 3.21. The van der Waals surface area contributed by atoms with Crippen molar-refractivity contribution in [1.82, 2.24) is 5.32 Å². The maximum Gasteiger partial charge on any atom is 0.0615 e. The molecule has 0 saturated heterocycles. The summed E-state index contributed by atoms with van der Waals surface area (Å²) in [4.78, 5) is 0. The molecule has 0 spiro atoms. The average molecular weight is 257 g/mol. The van der Waals surface area contributed by atoms with Crippen molar-refractivity contribution in [1.29, 1.82) is 0 Å². The van der Waals surface area contributed by atoms with Crippen molar-refractivity contribution < 1.29 is 4.74 Å². The molecule has 2 nitrogen and oxygen atoms in total. The summed E-state index contributed by atoms with van der Waals surface area (Å²) in [6.45, 7) is 6.52. The number of hydrogen-bond donors (Lipinski definition) is 1. The summed E-state index contributed by atoms with van der Waals surface area (Å²) in [6.07, 6.45) is 13.6. The molecule has 0 aromatic carbocycles. The summed E-state index contributed by atoms with van der Waals surface area (Å²) in [7, 11) is 1.79. The van der Waals surface area contributed by atoms with Crippen molar-refractivity contribution in [2.24, 2.45) is 0 Å². The summed E-state index contributed by atoms with van der Waals surface area (Å²) >= 11 is 0. The van der Waals surface area contributed by atoms with Crippen molar-refractivity contribution >= 4 is 0 Å². The summed E-state index contributed by atoms with van der Waals surface area (Å²) in [5.41, 5.74) is 0. The third kappa shape index (κ3) is 12.4. The molecule has 2 heteroatoms. The number of ether oxygens (including phenoxy) is 1. The van der Waals surface area contributed by atoms with Crippen LogP contribution in [-0.2, 0) is 4.74 Å². The minimum absolute atomic E-state index is 0.560. The van der Waals surface area contributed by atoms with Gasteiger partial charge < -0.3 is 10.1 Å². The van der Waals surface area contributed by atoms with E-state index in [0.717, 1.165) is 13.2 Å². The fraction of sp³-hybridized carbons (Fsp3) is 1.00. The van der Waals surface area contributed by atoms with Gasteiger partial charge in [0.15, 0.2) is 0 Å². The van der Waals surface area contributed by atoms with Gasteiger partial charge in [0.25, 0.3) is 0 Å². The second-order valence-electron chi connectivity index (χ2n) is 5.37. The van der Waals surface area contributed by atoms with Crippen molar-refractivity contribution in [3.05, 3.63) is 0 Å². The van der Waals surface area contributed by atoms with Gasteiger partial charge >= 0.3 is 0 Å². The highest BCUT2D eigenvalue weighted by Gasteiger charge is 2.05. The zero-order chi connectivity index (χ0) is 13.5. The van der Waals surface area contributed by atoms with Crippen LogP contribution in [0.3, 0.4) is 0 Å². The van der Waals surface area contributed by atoms with Gasteiger partial charge in [0.2, 0.25) is 0 Å². The van der Waals surface area contributed by atoms with Crippen LogP contribution in [0, 0.1) is 0 Å². The predicted molar refractivity (Wildman–Crippen MR) is 81.2 cm³/mol. The molecule has 0 heterocycles. The second kappa shape index (κ2) is 15.0. The fourth-order valence-electron chi connectivity index (χ4n) is 2.36. The van der Waals surface area contributed by atoms with Crippen LogP contribution in [0.5, 0.6) is 0 Å². The lowest BCUT2D eigenvalue weighted by molar-refractivity contribution is 0.162. The molecule has 0 saturated carbocycles. The van der Waals surface area contributed by atoms with E-state index in [0.29, 0.717) is 6.04 Å². The summed E-state index contributed by atoms with van der Waals surface area (Å²) in [6, 6.07) is 0.560. The highest BCUT2D eigenvalue weighted by molar-refractivity contribution is 4.65. The SMILES string of the molecule is CCCCCCCCCCNC(CCC)COC. The molecule has 0 aliphatic rings. The van der Waals surface area contributed by atoms with Gasteiger partial charge in [-0.3, -0.25) is 0 Å².